The summed E-state index contributed by atoms with van der Waals surface area (Å²) < 4.78 is 0. The summed E-state index contributed by atoms with van der Waals surface area (Å²) in [6.45, 7) is 45.6. The Morgan fingerprint density at radius 2 is 0.702 bits per heavy atom. The molecule has 0 spiro atoms. The first-order chi connectivity index (χ1) is 44.1. The fourth-order valence-corrected chi connectivity index (χ4v) is 14.4. The summed E-state index contributed by atoms with van der Waals surface area (Å²) in [5.74, 6) is 6.60. The van der Waals surface area contributed by atoms with Gasteiger partial charge in [-0.05, 0) is 175 Å². The highest BCUT2D eigenvalue weighted by Gasteiger charge is 2.51. The molecule has 0 radical (unpaired) electrons. The third-order valence-corrected chi connectivity index (χ3v) is 19.2. The van der Waals surface area contributed by atoms with Gasteiger partial charge in [-0.2, -0.15) is 0 Å². The van der Waals surface area contributed by atoms with Crippen LogP contribution in [-0.4, -0.2) is 5.78 Å². The molecule has 9 aromatic carbocycles. The van der Waals surface area contributed by atoms with Gasteiger partial charge >= 0.3 is 0 Å². The normalized spacial score (nSPS) is 18.3. The maximum absolute atomic E-state index is 11.8. The van der Waals surface area contributed by atoms with Crippen LogP contribution < -0.4 is 0 Å². The number of carbonyl (C=O) groups is 1. The second kappa shape index (κ2) is 34.7. The summed E-state index contributed by atoms with van der Waals surface area (Å²) in [7, 11) is 0. The average molecular weight is 1260 g/mol. The highest BCUT2D eigenvalue weighted by atomic mass is 16.1. The number of fused-ring (bicyclic) bond motifs is 2. The molecule has 502 valence electrons. The monoisotopic (exact) mass is 1260 g/mol. The van der Waals surface area contributed by atoms with Crippen molar-refractivity contribution >= 4 is 27.3 Å². The summed E-state index contributed by atoms with van der Waals surface area (Å²) in [5.41, 5.74) is 12.0. The Morgan fingerprint density at radius 3 is 1.12 bits per heavy atom. The molecule has 14 rings (SSSR count). The Hall–Kier alpha value is -6.83. The van der Waals surface area contributed by atoms with Gasteiger partial charge in [0.2, 0.25) is 0 Å². The second-order valence-electron chi connectivity index (χ2n) is 34.5. The number of rotatable bonds is 3. The number of ketones is 1. The Balaban J connectivity index is 0.000000173. The zero-order valence-electron chi connectivity index (χ0n) is 62.4. The highest BCUT2D eigenvalue weighted by Crippen LogP contribution is 2.60. The fourth-order valence-electron chi connectivity index (χ4n) is 14.4. The van der Waals surface area contributed by atoms with E-state index in [0.29, 0.717) is 21.7 Å². The molecule has 5 fully saturated rings. The number of hydrogen-bond acceptors (Lipinski definition) is 1. The lowest BCUT2D eigenvalue weighted by molar-refractivity contribution is -0.0811. The van der Waals surface area contributed by atoms with Crippen molar-refractivity contribution in [1.29, 1.82) is 0 Å². The van der Waals surface area contributed by atoms with Gasteiger partial charge in [-0.3, -0.25) is 4.79 Å². The van der Waals surface area contributed by atoms with Crippen molar-refractivity contribution in [3.63, 3.8) is 0 Å². The summed E-state index contributed by atoms with van der Waals surface area (Å²) in [6.07, 6.45) is 15.3. The van der Waals surface area contributed by atoms with Gasteiger partial charge in [0.05, 0.1) is 0 Å². The quantitative estimate of drug-likeness (QED) is 0.161. The molecule has 94 heavy (non-hydrogen) atoms. The van der Waals surface area contributed by atoms with Crippen LogP contribution in [0.25, 0.3) is 32.7 Å². The van der Waals surface area contributed by atoms with E-state index in [0.717, 1.165) is 46.6 Å². The van der Waals surface area contributed by atoms with Crippen LogP contribution in [0.1, 0.15) is 234 Å². The van der Waals surface area contributed by atoms with E-state index in [9.17, 15) is 4.79 Å². The molecular weight excluding hydrogens is 1130 g/mol. The van der Waals surface area contributed by atoms with Crippen molar-refractivity contribution in [3.8, 4) is 11.1 Å². The van der Waals surface area contributed by atoms with E-state index in [1.54, 1.807) is 32.1 Å². The van der Waals surface area contributed by atoms with E-state index >= 15 is 0 Å². The van der Waals surface area contributed by atoms with Crippen LogP contribution in [0, 0.1) is 58.7 Å². The van der Waals surface area contributed by atoms with Gasteiger partial charge in [0, 0.05) is 11.1 Å². The molecule has 5 aliphatic carbocycles. The van der Waals surface area contributed by atoms with Crippen molar-refractivity contribution in [3.05, 3.63) is 264 Å². The van der Waals surface area contributed by atoms with Crippen LogP contribution in [0.15, 0.2) is 231 Å². The molecule has 0 heterocycles. The summed E-state index contributed by atoms with van der Waals surface area (Å²) >= 11 is 0. The van der Waals surface area contributed by atoms with Gasteiger partial charge in [0.1, 0.15) is 0 Å². The van der Waals surface area contributed by atoms with Crippen LogP contribution in [0.5, 0.6) is 0 Å². The van der Waals surface area contributed by atoms with Crippen LogP contribution in [0.4, 0.5) is 0 Å². The highest BCUT2D eigenvalue weighted by molar-refractivity contribution is 6.08. The van der Waals surface area contributed by atoms with Gasteiger partial charge < -0.3 is 0 Å². The average Bonchev–Trinajstić information content (AvgIpc) is 0.753. The van der Waals surface area contributed by atoms with E-state index in [4.69, 9.17) is 0 Å². The molecule has 0 N–H and O–H groups in total. The largest absolute Gasteiger partial charge is 0.289 e. The lowest BCUT2D eigenvalue weighted by Crippen LogP contribution is -2.49. The first-order valence-corrected chi connectivity index (χ1v) is 35.9. The smallest absolute Gasteiger partial charge is 0.193 e. The minimum Gasteiger partial charge on any atom is -0.289 e. The van der Waals surface area contributed by atoms with Crippen LogP contribution in [0.3, 0.4) is 0 Å². The summed E-state index contributed by atoms with van der Waals surface area (Å²) in [4.78, 5) is 11.8. The minimum absolute atomic E-state index is 0.0752. The minimum atomic E-state index is 0.0752. The number of carbonyl (C=O) groups excluding carboxylic acids is 1. The van der Waals surface area contributed by atoms with Crippen molar-refractivity contribution < 1.29 is 4.79 Å². The van der Waals surface area contributed by atoms with Gasteiger partial charge in [-0.15, -0.1) is 0 Å². The van der Waals surface area contributed by atoms with Crippen LogP contribution in [0.2, 0.25) is 0 Å². The van der Waals surface area contributed by atoms with E-state index in [2.05, 4.69) is 302 Å². The molecule has 1 heteroatoms. The van der Waals surface area contributed by atoms with Crippen molar-refractivity contribution in [1.82, 2.24) is 0 Å². The van der Waals surface area contributed by atoms with Gasteiger partial charge in [-0.1, -0.05) is 381 Å². The third kappa shape index (κ3) is 25.4. The topological polar surface area (TPSA) is 17.1 Å². The Labute approximate surface area is 574 Å². The molecule has 9 aromatic rings. The lowest BCUT2D eigenvalue weighted by Gasteiger charge is -2.58. The van der Waals surface area contributed by atoms with E-state index in [1.165, 1.54) is 87.0 Å². The summed E-state index contributed by atoms with van der Waals surface area (Å²) in [6, 6.07) is 78.6. The molecule has 5 saturated carbocycles. The third-order valence-electron chi connectivity index (χ3n) is 19.2. The zero-order chi connectivity index (χ0) is 68.9. The molecule has 4 bridgehead atoms. The lowest BCUT2D eigenvalue weighted by atomic mass is 9.47. The number of benzene rings is 9. The molecule has 0 amide bonds. The van der Waals surface area contributed by atoms with Crippen molar-refractivity contribution in [2.75, 3.05) is 0 Å². The van der Waals surface area contributed by atoms with Crippen LogP contribution >= 0.6 is 0 Å². The molecule has 0 unspecified atom stereocenters. The maximum atomic E-state index is 11.8. The van der Waals surface area contributed by atoms with Gasteiger partial charge in [0.15, 0.2) is 5.78 Å². The molecule has 0 aromatic heterocycles. The molecule has 1 nitrogen and oxygen atoms in total. The molecule has 0 saturated heterocycles. The Kier molecular flexibility index (Phi) is 28.1. The number of hydrogen-bond donors (Lipinski definition) is 0. The SMILES string of the molecule is CC(C)(C)C.CC(C)(C)C1C2CC3CC(C2)CC1C3.CC(C)(C)C1CCCCC1.CC(C)(C)c1ccc(-c2ccccc2)cc1.CC(C)(C)c1ccc2ccccc2c1.CC(C)(C)c1ccccc1.Cc1cccc2ccccc12.O=C(c1ccccc1)c1ccccc1. The Bertz CT molecular complexity index is 3520. The second-order valence-corrected chi connectivity index (χ2v) is 34.5. The van der Waals surface area contributed by atoms with Crippen molar-refractivity contribution in [2.24, 2.45) is 51.8 Å². The van der Waals surface area contributed by atoms with E-state index < -0.39 is 0 Å². The van der Waals surface area contributed by atoms with Gasteiger partial charge in [0.25, 0.3) is 0 Å². The number of aryl methyl sites for hydroxylation is 1. The molecule has 0 aliphatic heterocycles. The van der Waals surface area contributed by atoms with Gasteiger partial charge in [-0.25, -0.2) is 0 Å². The zero-order valence-corrected chi connectivity index (χ0v) is 62.4. The standard InChI is InChI=1S/C16H18.C14H24.C14H16.C13H10O.C11H10.C10H20.C10H14.C5H12/c1-16(2,3)15-11-9-14(10-12-15)13-7-5-4-6-8-13;1-14(2,3)13-11-5-9-4-10(7-11)8-12(13)6-9;1-14(2,3)13-9-8-11-6-4-5-7-12(11)10-13;14-13(11-7-3-1-4-8-11)12-9-5-2-6-10-12;1-9-5-4-7-10-6-2-3-8-11(9)10;2*1-10(2,3)9-7-5-4-6-8-9;1-5(2,3)4/h4-12H,1-3H3;9-13H,4-8H2,1-3H3;4-10H,1-3H3;1-10H;2-8H,1H3;9H,4-8H2,1-3H3;4-8H,1-3H3;1-4H3. The molecule has 0 atom stereocenters. The summed E-state index contributed by atoms with van der Waals surface area (Å²) in [5, 5.41) is 5.34. The predicted molar refractivity (Wildman–Crippen MR) is 415 cm³/mol. The molecule has 5 aliphatic rings. The fraction of sp³-hybridized carbons (Fsp3) is 0.452. The Morgan fingerprint density at radius 1 is 0.330 bits per heavy atom. The first kappa shape index (κ1) is 76.2. The van der Waals surface area contributed by atoms with Crippen molar-refractivity contribution in [2.45, 2.75) is 219 Å². The predicted octanol–water partition coefficient (Wildman–Crippen LogP) is 27.6. The van der Waals surface area contributed by atoms with E-state index in [1.807, 2.05) is 66.7 Å². The first-order valence-electron chi connectivity index (χ1n) is 35.9. The molecular formula is C93H124O. The van der Waals surface area contributed by atoms with Crippen LogP contribution in [-0.2, 0) is 16.2 Å². The van der Waals surface area contributed by atoms with E-state index in [-0.39, 0.29) is 16.6 Å². The maximum Gasteiger partial charge on any atom is 0.193 e.